The zero-order valence-corrected chi connectivity index (χ0v) is 18.7. The number of benzene rings is 1. The summed E-state index contributed by atoms with van der Waals surface area (Å²) >= 11 is 0. The molecule has 0 amide bonds. The van der Waals surface area contributed by atoms with Crippen LogP contribution in [0.25, 0.3) is 0 Å². The average Bonchev–Trinajstić information content (AvgIpc) is 2.53. The van der Waals surface area contributed by atoms with E-state index in [1.54, 1.807) is 0 Å². The lowest BCUT2D eigenvalue weighted by molar-refractivity contribution is 0.581. The smallest absolute Gasteiger partial charge is 0.191 e. The molecule has 144 valence electrons. The Morgan fingerprint density at radius 3 is 2.48 bits per heavy atom. The number of rotatable bonds is 9. The van der Waals surface area contributed by atoms with E-state index < -0.39 is 9.84 Å². The number of para-hydroxylation sites is 1. The van der Waals surface area contributed by atoms with Crippen molar-refractivity contribution in [3.63, 3.8) is 0 Å². The topological polar surface area (TPSA) is 73.8 Å². The number of guanidine groups is 1. The maximum absolute atomic E-state index is 11.2. The van der Waals surface area contributed by atoms with Crippen LogP contribution in [-0.4, -0.2) is 59.1 Å². The molecule has 0 bridgehead atoms. The van der Waals surface area contributed by atoms with E-state index in [2.05, 4.69) is 32.7 Å². The van der Waals surface area contributed by atoms with Crippen LogP contribution in [0.5, 0.6) is 0 Å². The van der Waals surface area contributed by atoms with Gasteiger partial charge in [-0.15, -0.1) is 24.0 Å². The molecule has 1 aromatic carbocycles. The lowest BCUT2D eigenvalue weighted by Gasteiger charge is -2.20. The van der Waals surface area contributed by atoms with E-state index in [9.17, 15) is 8.42 Å². The van der Waals surface area contributed by atoms with E-state index in [1.807, 2.05) is 39.1 Å². The summed E-state index contributed by atoms with van der Waals surface area (Å²) in [5, 5.41) is 6.46. The van der Waals surface area contributed by atoms with Gasteiger partial charge < -0.3 is 15.5 Å². The first-order valence-electron chi connectivity index (χ1n) is 8.30. The number of nitrogens with zero attached hydrogens (tertiary/aromatic N) is 2. The zero-order chi connectivity index (χ0) is 18.0. The number of hydrogen-bond donors (Lipinski definition) is 2. The molecule has 2 N–H and O–H groups in total. The highest BCUT2D eigenvalue weighted by Crippen LogP contribution is 2.09. The third-order valence-electron chi connectivity index (χ3n) is 3.55. The van der Waals surface area contributed by atoms with Crippen molar-refractivity contribution in [3.05, 3.63) is 30.3 Å². The van der Waals surface area contributed by atoms with E-state index in [4.69, 9.17) is 0 Å². The second kappa shape index (κ2) is 12.3. The molecule has 0 aliphatic rings. The summed E-state index contributed by atoms with van der Waals surface area (Å²) in [6, 6.07) is 10.2. The lowest BCUT2D eigenvalue weighted by atomic mass is 10.3. The van der Waals surface area contributed by atoms with Crippen molar-refractivity contribution >= 4 is 45.5 Å². The Balaban J connectivity index is 0.00000576. The molecule has 0 saturated heterocycles. The van der Waals surface area contributed by atoms with Crippen molar-refractivity contribution in [3.8, 4) is 0 Å². The molecular formula is C17H31IN4O2S. The molecule has 1 aromatic rings. The zero-order valence-electron chi connectivity index (χ0n) is 15.5. The highest BCUT2D eigenvalue weighted by Gasteiger charge is 2.09. The summed E-state index contributed by atoms with van der Waals surface area (Å²) in [4.78, 5) is 6.72. The quantitative estimate of drug-likeness (QED) is 0.321. The van der Waals surface area contributed by atoms with Crippen molar-refractivity contribution in [2.75, 3.05) is 43.6 Å². The van der Waals surface area contributed by atoms with E-state index in [-0.39, 0.29) is 35.8 Å². The van der Waals surface area contributed by atoms with Crippen LogP contribution < -0.4 is 15.5 Å². The van der Waals surface area contributed by atoms with Gasteiger partial charge >= 0.3 is 0 Å². The van der Waals surface area contributed by atoms with Gasteiger partial charge in [0.05, 0.1) is 12.3 Å². The summed E-state index contributed by atoms with van der Waals surface area (Å²) in [5.41, 5.74) is 1.16. The first-order chi connectivity index (χ1) is 11.3. The number of nitrogens with one attached hydrogen (secondary N) is 2. The van der Waals surface area contributed by atoms with Gasteiger partial charge in [0, 0.05) is 38.1 Å². The minimum Gasteiger partial charge on any atom is -0.373 e. The third kappa shape index (κ3) is 11.2. The van der Waals surface area contributed by atoms with Gasteiger partial charge in [0.15, 0.2) is 5.96 Å². The second-order valence-corrected chi connectivity index (χ2v) is 8.24. The van der Waals surface area contributed by atoms with Gasteiger partial charge in [-0.05, 0) is 32.4 Å². The van der Waals surface area contributed by atoms with Crippen molar-refractivity contribution in [2.24, 2.45) is 4.99 Å². The van der Waals surface area contributed by atoms with Crippen molar-refractivity contribution in [1.82, 2.24) is 10.6 Å². The molecule has 1 unspecified atom stereocenters. The van der Waals surface area contributed by atoms with E-state index >= 15 is 0 Å². The molecule has 0 saturated carbocycles. The molecule has 1 rings (SSSR count). The molecular weight excluding hydrogens is 451 g/mol. The second-order valence-electron chi connectivity index (χ2n) is 5.98. The predicted molar refractivity (Wildman–Crippen MR) is 118 cm³/mol. The van der Waals surface area contributed by atoms with Crippen LogP contribution in [0.3, 0.4) is 0 Å². The number of anilines is 1. The molecule has 0 heterocycles. The number of sulfone groups is 1. The minimum absolute atomic E-state index is 0. The van der Waals surface area contributed by atoms with Crippen LogP contribution in [-0.2, 0) is 9.84 Å². The summed E-state index contributed by atoms with van der Waals surface area (Å²) in [7, 11) is -0.891. The first kappa shape index (κ1) is 24.0. The van der Waals surface area contributed by atoms with Crippen LogP contribution in [0.2, 0.25) is 0 Å². The molecule has 0 fully saturated rings. The van der Waals surface area contributed by atoms with Crippen LogP contribution in [0.4, 0.5) is 5.69 Å². The number of aliphatic imine (C=N–C) groups is 1. The van der Waals surface area contributed by atoms with Crippen LogP contribution >= 0.6 is 24.0 Å². The molecule has 0 aromatic heterocycles. The number of likely N-dealkylation sites (N-methyl/N-ethyl adjacent to an activating group) is 1. The molecule has 1 atom stereocenters. The fraction of sp³-hybridized carbons (Fsp3) is 0.588. The predicted octanol–water partition coefficient (Wildman–Crippen LogP) is 2.12. The average molecular weight is 482 g/mol. The van der Waals surface area contributed by atoms with Gasteiger partial charge in [-0.2, -0.15) is 0 Å². The summed E-state index contributed by atoms with van der Waals surface area (Å²) < 4.78 is 22.5. The standard InChI is InChI=1S/C17H30N4O2S.HI/c1-5-18-17(20-15(2)11-14-24(4,22)23)19-12-13-21(3)16-9-7-6-8-10-16;/h6-10,15H,5,11-14H2,1-4H3,(H2,18,19,20);1H. The Kier molecular flexibility index (Phi) is 11.8. The largest absolute Gasteiger partial charge is 0.373 e. The minimum atomic E-state index is -2.93. The molecule has 0 aliphatic heterocycles. The Labute approximate surface area is 169 Å². The highest BCUT2D eigenvalue weighted by atomic mass is 127. The first-order valence-corrected chi connectivity index (χ1v) is 10.4. The summed E-state index contributed by atoms with van der Waals surface area (Å²) in [5.74, 6) is 0.900. The Morgan fingerprint density at radius 2 is 1.92 bits per heavy atom. The van der Waals surface area contributed by atoms with Gasteiger partial charge in [-0.1, -0.05) is 18.2 Å². The normalized spacial score (nSPS) is 12.9. The Hall–Kier alpha value is -1.03. The summed E-state index contributed by atoms with van der Waals surface area (Å²) in [6.45, 7) is 6.19. The maximum Gasteiger partial charge on any atom is 0.191 e. The monoisotopic (exact) mass is 482 g/mol. The highest BCUT2D eigenvalue weighted by molar-refractivity contribution is 14.0. The number of halogens is 1. The van der Waals surface area contributed by atoms with Crippen LogP contribution in [0.15, 0.2) is 35.3 Å². The van der Waals surface area contributed by atoms with Gasteiger partial charge in [0.1, 0.15) is 9.84 Å². The van der Waals surface area contributed by atoms with Crippen LogP contribution in [0, 0.1) is 0 Å². The van der Waals surface area contributed by atoms with Crippen LogP contribution in [0.1, 0.15) is 20.3 Å². The SMILES string of the molecule is CCNC(=NCCN(C)c1ccccc1)NC(C)CCS(C)(=O)=O.I. The van der Waals surface area contributed by atoms with E-state index in [0.29, 0.717) is 13.0 Å². The fourth-order valence-corrected chi connectivity index (χ4v) is 2.92. The lowest BCUT2D eigenvalue weighted by Crippen LogP contribution is -2.43. The molecule has 0 aliphatic carbocycles. The van der Waals surface area contributed by atoms with Gasteiger partial charge in [0.25, 0.3) is 0 Å². The van der Waals surface area contributed by atoms with Crippen molar-refractivity contribution in [2.45, 2.75) is 26.3 Å². The molecule has 25 heavy (non-hydrogen) atoms. The van der Waals surface area contributed by atoms with Gasteiger partial charge in [-0.3, -0.25) is 4.99 Å². The van der Waals surface area contributed by atoms with Crippen molar-refractivity contribution in [1.29, 1.82) is 0 Å². The summed E-state index contributed by atoms with van der Waals surface area (Å²) in [6.07, 6.45) is 1.82. The molecule has 8 heteroatoms. The molecule has 0 radical (unpaired) electrons. The number of hydrogen-bond acceptors (Lipinski definition) is 4. The van der Waals surface area contributed by atoms with E-state index in [0.717, 1.165) is 24.7 Å². The maximum atomic E-state index is 11.2. The third-order valence-corrected chi connectivity index (χ3v) is 4.53. The fourth-order valence-electron chi connectivity index (χ4n) is 2.14. The van der Waals surface area contributed by atoms with E-state index in [1.165, 1.54) is 6.26 Å². The van der Waals surface area contributed by atoms with Crippen molar-refractivity contribution < 1.29 is 8.42 Å². The Bertz CT molecular complexity index is 608. The molecule has 0 spiro atoms. The molecule has 6 nitrogen and oxygen atoms in total. The van der Waals surface area contributed by atoms with Gasteiger partial charge in [-0.25, -0.2) is 8.42 Å². The Morgan fingerprint density at radius 1 is 1.28 bits per heavy atom. The van der Waals surface area contributed by atoms with Gasteiger partial charge in [0.2, 0.25) is 0 Å².